The Bertz CT molecular complexity index is 686. The number of hydrogen-bond donors (Lipinski definition) is 0. The molecular weight excluding hydrogens is 414 g/mol. The molecule has 5 atom stereocenters. The molecule has 32 heavy (non-hydrogen) atoms. The van der Waals surface area contributed by atoms with Crippen LogP contribution in [0, 0.1) is 28.9 Å². The number of nitrogens with zero attached hydrogens (tertiary/aromatic N) is 1. The first-order chi connectivity index (χ1) is 15.3. The van der Waals surface area contributed by atoms with E-state index in [1.807, 2.05) is 0 Å². The maximum absolute atomic E-state index is 13.0. The van der Waals surface area contributed by atoms with E-state index in [2.05, 4.69) is 20.8 Å². The molecule has 0 aromatic rings. The van der Waals surface area contributed by atoms with Gasteiger partial charge in [-0.1, -0.05) is 46.5 Å². The lowest BCUT2D eigenvalue weighted by molar-refractivity contribution is -0.754. The molecule has 0 spiro atoms. The third kappa shape index (κ3) is 6.15. The fourth-order valence-electron chi connectivity index (χ4n) is 5.26. The number of hydrogen-bond acceptors (Lipinski definition) is 7. The van der Waals surface area contributed by atoms with Crippen LogP contribution in [0.4, 0.5) is 0 Å². The Morgan fingerprint density at radius 3 is 2.56 bits per heavy atom. The van der Waals surface area contributed by atoms with Gasteiger partial charge in [0.15, 0.2) is 0 Å². The van der Waals surface area contributed by atoms with Gasteiger partial charge >= 0.3 is 17.7 Å². The fraction of sp³-hybridized carbons (Fsp3) is 0.875. The van der Waals surface area contributed by atoms with E-state index >= 15 is 0 Å². The van der Waals surface area contributed by atoms with Gasteiger partial charge < -0.3 is 19.0 Å². The van der Waals surface area contributed by atoms with Crippen molar-refractivity contribution in [3.05, 3.63) is 5.21 Å². The molecule has 1 saturated heterocycles. The summed E-state index contributed by atoms with van der Waals surface area (Å²) in [7, 11) is 0. The summed E-state index contributed by atoms with van der Waals surface area (Å²) in [4.78, 5) is 30.9. The van der Waals surface area contributed by atoms with E-state index in [0.717, 1.165) is 51.4 Å². The van der Waals surface area contributed by atoms with Crippen molar-refractivity contribution in [2.24, 2.45) is 23.7 Å². The van der Waals surface area contributed by atoms with Crippen molar-refractivity contribution in [1.82, 2.24) is 0 Å². The zero-order valence-corrected chi connectivity index (χ0v) is 19.9. The SMILES string of the molecule is CCOC(=O)/C([C@H]1CC(=O)O[C@H]1O[C@@H]1C[C@H](C)CC[C@H]1C(C)C)=[N+](/[O-])OC1CCCCC1. The lowest BCUT2D eigenvalue weighted by Gasteiger charge is -2.38. The van der Waals surface area contributed by atoms with Gasteiger partial charge in [0, 0.05) is 4.90 Å². The van der Waals surface area contributed by atoms with Gasteiger partial charge in [-0.25, -0.2) is 4.79 Å². The van der Waals surface area contributed by atoms with E-state index in [1.54, 1.807) is 6.92 Å². The average molecular weight is 454 g/mol. The third-order valence-corrected chi connectivity index (χ3v) is 7.06. The van der Waals surface area contributed by atoms with Crippen LogP contribution in [-0.2, 0) is 28.6 Å². The first kappa shape index (κ1) is 24.8. The zero-order chi connectivity index (χ0) is 23.3. The van der Waals surface area contributed by atoms with Crippen molar-refractivity contribution in [2.75, 3.05) is 6.61 Å². The number of cyclic esters (lactones) is 1. The number of carbonyl (C=O) groups excluding carboxylic acids is 2. The Labute approximate surface area is 191 Å². The highest BCUT2D eigenvalue weighted by atomic mass is 16.9. The molecule has 0 aromatic heterocycles. The molecule has 2 aliphatic carbocycles. The van der Waals surface area contributed by atoms with Gasteiger partial charge in [0.1, 0.15) is 5.92 Å². The minimum Gasteiger partial charge on any atom is -0.458 e. The minimum atomic E-state index is -0.995. The molecule has 1 aliphatic heterocycles. The van der Waals surface area contributed by atoms with E-state index in [4.69, 9.17) is 19.0 Å². The Morgan fingerprint density at radius 2 is 1.91 bits per heavy atom. The topological polar surface area (TPSA) is 97.1 Å². The summed E-state index contributed by atoms with van der Waals surface area (Å²) in [6.45, 7) is 8.32. The summed E-state index contributed by atoms with van der Waals surface area (Å²) in [5.41, 5.74) is -0.238. The maximum atomic E-state index is 13.0. The van der Waals surface area contributed by atoms with Crippen LogP contribution in [0.1, 0.15) is 85.5 Å². The molecule has 0 bridgehead atoms. The highest BCUT2D eigenvalue weighted by Gasteiger charge is 2.50. The van der Waals surface area contributed by atoms with Crippen LogP contribution in [0.3, 0.4) is 0 Å². The summed E-state index contributed by atoms with van der Waals surface area (Å²) < 4.78 is 17.0. The van der Waals surface area contributed by atoms with Gasteiger partial charge in [0.2, 0.25) is 6.29 Å². The number of esters is 2. The first-order valence-corrected chi connectivity index (χ1v) is 12.3. The summed E-state index contributed by atoms with van der Waals surface area (Å²) in [5, 5.41) is 13.0. The summed E-state index contributed by atoms with van der Waals surface area (Å²) in [5.74, 6) is -0.871. The number of rotatable bonds is 8. The zero-order valence-electron chi connectivity index (χ0n) is 19.9. The molecule has 8 nitrogen and oxygen atoms in total. The van der Waals surface area contributed by atoms with Crippen molar-refractivity contribution >= 4 is 17.7 Å². The van der Waals surface area contributed by atoms with Gasteiger partial charge in [0.05, 0.1) is 25.2 Å². The predicted molar refractivity (Wildman–Crippen MR) is 117 cm³/mol. The molecule has 0 unspecified atom stereocenters. The van der Waals surface area contributed by atoms with Gasteiger partial charge in [-0.3, -0.25) is 10.0 Å². The molecule has 0 N–H and O–H groups in total. The smallest absolute Gasteiger partial charge is 0.405 e. The van der Waals surface area contributed by atoms with Crippen LogP contribution < -0.4 is 0 Å². The molecule has 3 fully saturated rings. The average Bonchev–Trinajstić information content (AvgIpc) is 3.08. The third-order valence-electron chi connectivity index (χ3n) is 7.06. The molecule has 0 aromatic carbocycles. The van der Waals surface area contributed by atoms with Crippen molar-refractivity contribution < 1.29 is 33.5 Å². The second kappa shape index (κ2) is 11.3. The van der Waals surface area contributed by atoms with Crippen LogP contribution >= 0.6 is 0 Å². The molecule has 1 heterocycles. The largest absolute Gasteiger partial charge is 0.458 e. The Balaban J connectivity index is 1.83. The maximum Gasteiger partial charge on any atom is 0.405 e. The van der Waals surface area contributed by atoms with Gasteiger partial charge in [-0.05, 0) is 50.4 Å². The molecule has 3 rings (SSSR count). The minimum absolute atomic E-state index is 0.0973. The monoisotopic (exact) mass is 453 g/mol. The van der Waals surface area contributed by atoms with E-state index < -0.39 is 24.1 Å². The van der Waals surface area contributed by atoms with Gasteiger partial charge in [-0.15, -0.1) is 0 Å². The molecule has 182 valence electrons. The highest BCUT2D eigenvalue weighted by Crippen LogP contribution is 2.38. The Hall–Kier alpha value is -1.83. The van der Waals surface area contributed by atoms with E-state index in [9.17, 15) is 14.8 Å². The van der Waals surface area contributed by atoms with Crippen molar-refractivity contribution in [2.45, 2.75) is 104 Å². The van der Waals surface area contributed by atoms with Crippen LogP contribution in [0.5, 0.6) is 0 Å². The molecule has 0 radical (unpaired) electrons. The van der Waals surface area contributed by atoms with Crippen molar-refractivity contribution in [3.8, 4) is 0 Å². The quantitative estimate of drug-likeness (QED) is 0.236. The second-order valence-electron chi connectivity index (χ2n) is 9.90. The Kier molecular flexibility index (Phi) is 8.79. The van der Waals surface area contributed by atoms with Crippen LogP contribution in [0.25, 0.3) is 0 Å². The van der Waals surface area contributed by atoms with Gasteiger partial charge in [-0.2, -0.15) is 0 Å². The predicted octanol–water partition coefficient (Wildman–Crippen LogP) is 4.13. The van der Waals surface area contributed by atoms with Crippen molar-refractivity contribution in [1.29, 1.82) is 0 Å². The van der Waals surface area contributed by atoms with E-state index in [-0.39, 0.29) is 35.8 Å². The standard InChI is InChI=1S/C24H39NO7/c1-5-29-23(27)22(25(28)32-17-9-7-6-8-10-17)19-14-21(26)31-24(19)30-20-13-16(4)11-12-18(20)15(2)3/h15-20,24H,5-14H2,1-4H3/b25-22-/t16-,18+,19-,20-,24-/m1/s1. The van der Waals surface area contributed by atoms with Crippen LogP contribution in [-0.4, -0.2) is 47.7 Å². The summed E-state index contributed by atoms with van der Waals surface area (Å²) in [6, 6.07) is 0. The lowest BCUT2D eigenvalue weighted by atomic mass is 9.75. The summed E-state index contributed by atoms with van der Waals surface area (Å²) >= 11 is 0. The number of ether oxygens (including phenoxy) is 3. The van der Waals surface area contributed by atoms with E-state index in [0.29, 0.717) is 17.8 Å². The molecule has 8 heteroatoms. The lowest BCUT2D eigenvalue weighted by Crippen LogP contribution is -2.43. The van der Waals surface area contributed by atoms with Crippen LogP contribution in [0.15, 0.2) is 0 Å². The molecular formula is C24H39NO7. The molecule has 2 saturated carbocycles. The Morgan fingerprint density at radius 1 is 1.19 bits per heavy atom. The van der Waals surface area contributed by atoms with E-state index in [1.165, 1.54) is 0 Å². The molecule has 3 aliphatic rings. The molecule has 0 amide bonds. The number of carbonyl (C=O) groups is 2. The summed E-state index contributed by atoms with van der Waals surface area (Å²) in [6.07, 6.45) is 6.22. The fourth-order valence-corrected chi connectivity index (χ4v) is 5.26. The van der Waals surface area contributed by atoms with Crippen molar-refractivity contribution in [3.63, 3.8) is 0 Å². The van der Waals surface area contributed by atoms with Crippen LogP contribution in [0.2, 0.25) is 0 Å². The second-order valence-corrected chi connectivity index (χ2v) is 9.90. The highest BCUT2D eigenvalue weighted by molar-refractivity contribution is 6.35. The first-order valence-electron chi connectivity index (χ1n) is 12.3. The van der Waals surface area contributed by atoms with Gasteiger partial charge in [0.25, 0.3) is 0 Å². The normalized spacial score (nSPS) is 32.4.